The predicted octanol–water partition coefficient (Wildman–Crippen LogP) is 2.76. The molecule has 4 nitrogen and oxygen atoms in total. The fourth-order valence-electron chi connectivity index (χ4n) is 4.13. The fraction of sp³-hybridized carbons (Fsp3) is 0.368. The second-order valence-electron chi connectivity index (χ2n) is 6.94. The van der Waals surface area contributed by atoms with Crippen molar-refractivity contribution in [3.63, 3.8) is 0 Å². The van der Waals surface area contributed by atoms with Crippen LogP contribution in [0.4, 0.5) is 8.78 Å². The Kier molecular flexibility index (Phi) is 3.71. The summed E-state index contributed by atoms with van der Waals surface area (Å²) in [6.45, 7) is 3.27. The zero-order chi connectivity index (χ0) is 17.7. The number of benzene rings is 1. The van der Waals surface area contributed by atoms with Crippen LogP contribution in [0.5, 0.6) is 0 Å². The average Bonchev–Trinajstić information content (AvgIpc) is 2.55. The van der Waals surface area contributed by atoms with Crippen molar-refractivity contribution in [2.75, 3.05) is 13.1 Å². The maximum absolute atomic E-state index is 14.1. The van der Waals surface area contributed by atoms with E-state index in [1.165, 1.54) is 24.3 Å². The molecule has 0 N–H and O–H groups in total. The van der Waals surface area contributed by atoms with Crippen molar-refractivity contribution in [1.82, 2.24) is 9.47 Å². The minimum atomic E-state index is -0.688. The highest BCUT2D eigenvalue weighted by Crippen LogP contribution is 2.37. The number of halogens is 2. The van der Waals surface area contributed by atoms with E-state index in [0.29, 0.717) is 19.6 Å². The summed E-state index contributed by atoms with van der Waals surface area (Å²) >= 11 is 0. The van der Waals surface area contributed by atoms with Gasteiger partial charge in [-0.3, -0.25) is 9.59 Å². The van der Waals surface area contributed by atoms with Crippen molar-refractivity contribution in [2.45, 2.75) is 25.8 Å². The van der Waals surface area contributed by atoms with Crippen LogP contribution in [0.1, 0.15) is 25.0 Å². The van der Waals surface area contributed by atoms with Gasteiger partial charge >= 0.3 is 0 Å². The highest BCUT2D eigenvalue weighted by atomic mass is 19.1. The molecule has 0 unspecified atom stereocenters. The van der Waals surface area contributed by atoms with Crippen LogP contribution in [-0.2, 0) is 11.3 Å². The third-order valence-electron chi connectivity index (χ3n) is 5.25. The van der Waals surface area contributed by atoms with Crippen molar-refractivity contribution in [2.24, 2.45) is 5.92 Å². The number of amides is 1. The first kappa shape index (κ1) is 16.0. The molecule has 2 aliphatic heterocycles. The van der Waals surface area contributed by atoms with Gasteiger partial charge in [0.25, 0.3) is 5.56 Å². The minimum absolute atomic E-state index is 0.0129. The summed E-state index contributed by atoms with van der Waals surface area (Å²) in [4.78, 5) is 26.1. The minimum Gasteiger partial charge on any atom is -0.342 e. The molecule has 1 aromatic carbocycles. The second-order valence-corrected chi connectivity index (χ2v) is 6.94. The van der Waals surface area contributed by atoms with Gasteiger partial charge in [0.15, 0.2) is 0 Å². The largest absolute Gasteiger partial charge is 0.342 e. The number of carbonyl (C=O) groups is 1. The Morgan fingerprint density at radius 3 is 2.52 bits per heavy atom. The molecule has 0 aliphatic carbocycles. The Labute approximate surface area is 143 Å². The summed E-state index contributed by atoms with van der Waals surface area (Å²) in [5, 5.41) is 0. The highest BCUT2D eigenvalue weighted by molar-refractivity contribution is 5.73. The zero-order valence-corrected chi connectivity index (χ0v) is 13.8. The van der Waals surface area contributed by atoms with E-state index in [4.69, 9.17) is 0 Å². The van der Waals surface area contributed by atoms with E-state index in [1.54, 1.807) is 22.5 Å². The van der Waals surface area contributed by atoms with Crippen LogP contribution in [-0.4, -0.2) is 28.5 Å². The number of fused-ring (bicyclic) bond motifs is 4. The van der Waals surface area contributed by atoms with Crippen LogP contribution >= 0.6 is 0 Å². The van der Waals surface area contributed by atoms with Gasteiger partial charge in [-0.1, -0.05) is 6.07 Å². The average molecular weight is 344 g/mol. The van der Waals surface area contributed by atoms with Crippen LogP contribution in [0.15, 0.2) is 35.1 Å². The summed E-state index contributed by atoms with van der Waals surface area (Å²) in [6.07, 6.45) is 0.881. The molecule has 2 aliphatic rings. The molecule has 1 saturated heterocycles. The van der Waals surface area contributed by atoms with Crippen molar-refractivity contribution >= 4 is 5.91 Å². The third kappa shape index (κ3) is 2.65. The van der Waals surface area contributed by atoms with Crippen molar-refractivity contribution in [1.29, 1.82) is 0 Å². The Bertz CT molecular complexity index is 902. The van der Waals surface area contributed by atoms with Crippen molar-refractivity contribution < 1.29 is 13.6 Å². The molecule has 1 aromatic heterocycles. The van der Waals surface area contributed by atoms with Gasteiger partial charge in [-0.2, -0.15) is 0 Å². The summed E-state index contributed by atoms with van der Waals surface area (Å²) in [5.74, 6) is -1.11. The van der Waals surface area contributed by atoms with Gasteiger partial charge in [0.2, 0.25) is 5.91 Å². The standard InChI is InChI=1S/C19H18F2N2O2/c1-11(24)22-8-12-5-14(10-22)17-6-13(7-18(25)23(17)9-12)19-15(20)3-2-4-16(19)21/h2-4,6-7,12,14H,5,8-10H2,1H3/t12-,14+/m0/s1. The number of piperidine rings is 1. The Morgan fingerprint density at radius 1 is 1.12 bits per heavy atom. The Hall–Kier alpha value is -2.50. The molecule has 1 amide bonds. The van der Waals surface area contributed by atoms with E-state index in [2.05, 4.69) is 0 Å². The number of aromatic nitrogens is 1. The van der Waals surface area contributed by atoms with E-state index >= 15 is 0 Å². The van der Waals surface area contributed by atoms with E-state index in [0.717, 1.165) is 12.1 Å². The van der Waals surface area contributed by atoms with Gasteiger partial charge in [-0.15, -0.1) is 0 Å². The second kappa shape index (κ2) is 5.79. The number of nitrogens with zero attached hydrogens (tertiary/aromatic N) is 2. The van der Waals surface area contributed by atoms with Crippen LogP contribution in [0, 0.1) is 17.6 Å². The quantitative estimate of drug-likeness (QED) is 0.798. The molecule has 3 heterocycles. The number of pyridine rings is 1. The molecule has 2 atom stereocenters. The van der Waals surface area contributed by atoms with E-state index in [1.807, 2.05) is 0 Å². The number of hydrogen-bond donors (Lipinski definition) is 0. The molecule has 2 bridgehead atoms. The molecule has 0 spiro atoms. The number of rotatable bonds is 1. The van der Waals surface area contributed by atoms with Gasteiger partial charge in [0, 0.05) is 44.2 Å². The molecule has 0 radical (unpaired) electrons. The van der Waals surface area contributed by atoms with Gasteiger partial charge in [0.1, 0.15) is 11.6 Å². The normalized spacial score (nSPS) is 21.8. The molecule has 130 valence electrons. The molecule has 0 saturated carbocycles. The van der Waals surface area contributed by atoms with Gasteiger partial charge in [0.05, 0.1) is 5.56 Å². The van der Waals surface area contributed by atoms with Crippen LogP contribution in [0.3, 0.4) is 0 Å². The lowest BCUT2D eigenvalue weighted by Crippen LogP contribution is -2.48. The first-order chi connectivity index (χ1) is 11.9. The molecule has 2 aromatic rings. The fourth-order valence-corrected chi connectivity index (χ4v) is 4.13. The topological polar surface area (TPSA) is 42.3 Å². The molecule has 25 heavy (non-hydrogen) atoms. The molecule has 4 rings (SSSR count). The van der Waals surface area contributed by atoms with Gasteiger partial charge < -0.3 is 9.47 Å². The van der Waals surface area contributed by atoms with Crippen LogP contribution in [0.25, 0.3) is 11.1 Å². The molecule has 1 fully saturated rings. The number of hydrogen-bond acceptors (Lipinski definition) is 2. The molecular formula is C19H18F2N2O2. The van der Waals surface area contributed by atoms with E-state index in [9.17, 15) is 18.4 Å². The zero-order valence-electron chi connectivity index (χ0n) is 13.8. The predicted molar refractivity (Wildman–Crippen MR) is 89.2 cm³/mol. The monoisotopic (exact) mass is 344 g/mol. The Morgan fingerprint density at radius 2 is 1.84 bits per heavy atom. The highest BCUT2D eigenvalue weighted by Gasteiger charge is 2.36. The van der Waals surface area contributed by atoms with E-state index < -0.39 is 11.6 Å². The molecular weight excluding hydrogens is 326 g/mol. The summed E-state index contributed by atoms with van der Waals surface area (Å²) in [5.41, 5.74) is 0.586. The lowest BCUT2D eigenvalue weighted by Gasteiger charge is -2.42. The van der Waals surface area contributed by atoms with Gasteiger partial charge in [-0.05, 0) is 36.1 Å². The number of likely N-dealkylation sites (tertiary alicyclic amines) is 1. The maximum Gasteiger partial charge on any atom is 0.251 e. The first-order valence-corrected chi connectivity index (χ1v) is 8.38. The molecule has 6 heteroatoms. The SMILES string of the molecule is CC(=O)N1C[C@@H]2C[C@H](C1)c1cc(-c3c(F)cccc3F)cc(=O)n1C2. The maximum atomic E-state index is 14.1. The smallest absolute Gasteiger partial charge is 0.251 e. The Balaban J connectivity index is 1.84. The third-order valence-corrected chi connectivity index (χ3v) is 5.25. The van der Waals surface area contributed by atoms with Gasteiger partial charge in [-0.25, -0.2) is 8.78 Å². The van der Waals surface area contributed by atoms with Crippen LogP contribution < -0.4 is 5.56 Å². The first-order valence-electron chi connectivity index (χ1n) is 8.38. The van der Waals surface area contributed by atoms with Crippen molar-refractivity contribution in [3.8, 4) is 11.1 Å². The lowest BCUT2D eigenvalue weighted by atomic mass is 9.82. The van der Waals surface area contributed by atoms with E-state index in [-0.39, 0.29) is 34.4 Å². The summed E-state index contributed by atoms with van der Waals surface area (Å²) in [7, 11) is 0. The number of carbonyl (C=O) groups excluding carboxylic acids is 1. The summed E-state index contributed by atoms with van der Waals surface area (Å²) in [6, 6.07) is 6.67. The van der Waals surface area contributed by atoms with Crippen LogP contribution in [0.2, 0.25) is 0 Å². The summed E-state index contributed by atoms with van der Waals surface area (Å²) < 4.78 is 29.9. The lowest BCUT2D eigenvalue weighted by molar-refractivity contribution is -0.131. The van der Waals surface area contributed by atoms with Crippen molar-refractivity contribution in [3.05, 3.63) is 58.0 Å².